The molecule has 0 spiro atoms. The Kier molecular flexibility index (Phi) is 2.21. The van der Waals surface area contributed by atoms with E-state index < -0.39 is 0 Å². The molecule has 1 aromatic heterocycles. The summed E-state index contributed by atoms with van der Waals surface area (Å²) in [7, 11) is 0. The SMILES string of the molecule is C=c1cn[nH]/c1=C/C(F)=C\C. The number of aromatic nitrogens is 2. The second-order valence-electron chi connectivity index (χ2n) is 2.13. The highest BCUT2D eigenvalue weighted by molar-refractivity contribution is 5.39. The molecule has 2 nitrogen and oxygen atoms in total. The molecule has 11 heavy (non-hydrogen) atoms. The van der Waals surface area contributed by atoms with Crippen LogP contribution in [0, 0.1) is 0 Å². The van der Waals surface area contributed by atoms with Gasteiger partial charge in [-0.2, -0.15) is 5.10 Å². The molecule has 3 heteroatoms. The summed E-state index contributed by atoms with van der Waals surface area (Å²) in [5, 5.41) is 7.63. The smallest absolute Gasteiger partial charge is 0.121 e. The van der Waals surface area contributed by atoms with Crippen LogP contribution in [0.3, 0.4) is 0 Å². The van der Waals surface area contributed by atoms with Gasteiger partial charge >= 0.3 is 0 Å². The van der Waals surface area contributed by atoms with Crippen LogP contribution in [0.25, 0.3) is 12.7 Å². The van der Waals surface area contributed by atoms with Crippen molar-refractivity contribution in [1.29, 1.82) is 0 Å². The van der Waals surface area contributed by atoms with Crippen LogP contribution in [0.4, 0.5) is 4.39 Å². The number of hydrogen-bond donors (Lipinski definition) is 1. The minimum atomic E-state index is -0.292. The van der Waals surface area contributed by atoms with Gasteiger partial charge in [0.25, 0.3) is 0 Å². The van der Waals surface area contributed by atoms with E-state index in [1.807, 2.05) is 0 Å². The molecule has 0 saturated heterocycles. The Balaban J connectivity index is 3.21. The van der Waals surface area contributed by atoms with Gasteiger partial charge in [0.15, 0.2) is 0 Å². The molecule has 0 unspecified atom stereocenters. The molecule has 0 amide bonds. The monoisotopic (exact) mass is 152 g/mol. The summed E-state index contributed by atoms with van der Waals surface area (Å²) in [6.07, 6.45) is 4.28. The maximum Gasteiger partial charge on any atom is 0.121 e. The van der Waals surface area contributed by atoms with E-state index >= 15 is 0 Å². The van der Waals surface area contributed by atoms with E-state index in [1.165, 1.54) is 12.2 Å². The summed E-state index contributed by atoms with van der Waals surface area (Å²) in [6.45, 7) is 5.28. The third-order valence-corrected chi connectivity index (χ3v) is 1.31. The molecule has 0 aromatic carbocycles. The quantitative estimate of drug-likeness (QED) is 0.622. The lowest BCUT2D eigenvalue weighted by atomic mass is 10.4. The van der Waals surface area contributed by atoms with Gasteiger partial charge in [-0.3, -0.25) is 5.10 Å². The molecule has 1 N–H and O–H groups in total. The van der Waals surface area contributed by atoms with Crippen molar-refractivity contribution in [3.8, 4) is 0 Å². The van der Waals surface area contributed by atoms with Crippen LogP contribution in [-0.4, -0.2) is 10.2 Å². The highest BCUT2D eigenvalue weighted by Gasteiger charge is 1.86. The van der Waals surface area contributed by atoms with Crippen molar-refractivity contribution in [2.24, 2.45) is 0 Å². The first-order chi connectivity index (χ1) is 5.24. The van der Waals surface area contributed by atoms with E-state index in [-0.39, 0.29) is 5.83 Å². The number of hydrogen-bond acceptors (Lipinski definition) is 1. The van der Waals surface area contributed by atoms with Crippen molar-refractivity contribution in [3.63, 3.8) is 0 Å². The van der Waals surface area contributed by atoms with Gasteiger partial charge in [-0.1, -0.05) is 12.7 Å². The second-order valence-corrected chi connectivity index (χ2v) is 2.13. The summed E-state index contributed by atoms with van der Waals surface area (Å²) >= 11 is 0. The van der Waals surface area contributed by atoms with Crippen molar-refractivity contribution >= 4 is 12.7 Å². The number of allylic oxidation sites excluding steroid dienone is 2. The second kappa shape index (κ2) is 3.14. The number of rotatable bonds is 1. The van der Waals surface area contributed by atoms with E-state index in [4.69, 9.17) is 0 Å². The Morgan fingerprint density at radius 3 is 3.00 bits per heavy atom. The Labute approximate surface area is 63.8 Å². The molecule has 58 valence electrons. The molecule has 0 fully saturated rings. The van der Waals surface area contributed by atoms with E-state index in [2.05, 4.69) is 16.8 Å². The van der Waals surface area contributed by atoms with Gasteiger partial charge in [0.2, 0.25) is 0 Å². The molecule has 1 rings (SSSR count). The van der Waals surface area contributed by atoms with Crippen molar-refractivity contribution in [3.05, 3.63) is 28.7 Å². The third-order valence-electron chi connectivity index (χ3n) is 1.31. The Morgan fingerprint density at radius 2 is 2.55 bits per heavy atom. The van der Waals surface area contributed by atoms with Crippen LogP contribution in [0.2, 0.25) is 0 Å². The van der Waals surface area contributed by atoms with Gasteiger partial charge in [-0.05, 0) is 13.0 Å². The topological polar surface area (TPSA) is 28.7 Å². The summed E-state index contributed by atoms with van der Waals surface area (Å²) in [4.78, 5) is 0. The molecule has 0 bridgehead atoms. The molecular weight excluding hydrogens is 143 g/mol. The van der Waals surface area contributed by atoms with Gasteiger partial charge in [-0.25, -0.2) is 4.39 Å². The normalized spacial score (nSPS) is 14.0. The van der Waals surface area contributed by atoms with Crippen molar-refractivity contribution in [2.45, 2.75) is 6.92 Å². The zero-order valence-corrected chi connectivity index (χ0v) is 6.26. The van der Waals surface area contributed by atoms with Crippen molar-refractivity contribution in [2.75, 3.05) is 0 Å². The van der Waals surface area contributed by atoms with E-state index in [0.29, 0.717) is 10.6 Å². The lowest BCUT2D eigenvalue weighted by molar-refractivity contribution is 0.677. The van der Waals surface area contributed by atoms with Gasteiger partial charge in [-0.15, -0.1) is 0 Å². The highest BCUT2D eigenvalue weighted by atomic mass is 19.1. The fourth-order valence-electron chi connectivity index (χ4n) is 0.667. The van der Waals surface area contributed by atoms with Crippen molar-refractivity contribution < 1.29 is 4.39 Å². The van der Waals surface area contributed by atoms with E-state index in [9.17, 15) is 4.39 Å². The molecule has 0 aliphatic carbocycles. The summed E-state index contributed by atoms with van der Waals surface area (Å²) in [5.41, 5.74) is 0. The minimum Gasteiger partial charge on any atom is -0.278 e. The molecule has 0 atom stereocenters. The molecule has 0 aliphatic heterocycles. The largest absolute Gasteiger partial charge is 0.278 e. The predicted molar refractivity (Wildman–Crippen MR) is 42.7 cm³/mol. The minimum absolute atomic E-state index is 0.292. The lowest BCUT2D eigenvalue weighted by Crippen LogP contribution is -2.20. The van der Waals surface area contributed by atoms with E-state index in [0.717, 1.165) is 0 Å². The summed E-state index contributed by atoms with van der Waals surface area (Å²) in [6, 6.07) is 0. The van der Waals surface area contributed by atoms with Crippen LogP contribution in [-0.2, 0) is 0 Å². The first-order valence-electron chi connectivity index (χ1n) is 3.26. The molecule has 0 aliphatic rings. The maximum absolute atomic E-state index is 12.6. The zero-order chi connectivity index (χ0) is 8.27. The first kappa shape index (κ1) is 7.72. The van der Waals surface area contributed by atoms with Crippen LogP contribution in [0.5, 0.6) is 0 Å². The van der Waals surface area contributed by atoms with Crippen molar-refractivity contribution in [1.82, 2.24) is 10.2 Å². The number of nitrogens with one attached hydrogen (secondary N) is 1. The standard InChI is InChI=1S/C8H9FN2/c1-3-7(9)4-8-6(2)5-10-11-8/h3-5,11H,2H2,1H3/b7-3+,8-4+. The Hall–Kier alpha value is -1.38. The zero-order valence-electron chi connectivity index (χ0n) is 6.26. The molecule has 0 radical (unpaired) electrons. The van der Waals surface area contributed by atoms with Gasteiger partial charge in [0, 0.05) is 5.22 Å². The molecule has 0 saturated carbocycles. The van der Waals surface area contributed by atoms with Crippen LogP contribution in [0.15, 0.2) is 18.1 Å². The molecule has 1 aromatic rings. The molecular formula is C8H9FN2. The van der Waals surface area contributed by atoms with Crippen LogP contribution >= 0.6 is 0 Å². The molecule has 1 heterocycles. The van der Waals surface area contributed by atoms with Crippen LogP contribution < -0.4 is 10.6 Å². The fourth-order valence-corrected chi connectivity index (χ4v) is 0.667. The average Bonchev–Trinajstić information content (AvgIpc) is 2.37. The van der Waals surface area contributed by atoms with Gasteiger partial charge in [0.05, 0.1) is 11.5 Å². The van der Waals surface area contributed by atoms with Crippen LogP contribution in [0.1, 0.15) is 6.92 Å². The summed E-state index contributed by atoms with van der Waals surface area (Å²) in [5.74, 6) is -0.292. The van der Waals surface area contributed by atoms with E-state index in [1.54, 1.807) is 13.1 Å². The highest BCUT2D eigenvalue weighted by Crippen LogP contribution is 1.94. The summed E-state index contributed by atoms with van der Waals surface area (Å²) < 4.78 is 12.6. The Morgan fingerprint density at radius 1 is 1.82 bits per heavy atom. The number of aromatic amines is 1. The third kappa shape index (κ3) is 1.77. The fraction of sp³-hybridized carbons (Fsp3) is 0.125. The Bertz CT molecular complexity index is 362. The number of nitrogens with zero attached hydrogens (tertiary/aromatic N) is 1. The van der Waals surface area contributed by atoms with Gasteiger partial charge in [0.1, 0.15) is 5.83 Å². The predicted octanol–water partition coefficient (Wildman–Crippen LogP) is 0.474. The van der Waals surface area contributed by atoms with Gasteiger partial charge < -0.3 is 0 Å². The number of halogens is 1. The number of H-pyrrole nitrogens is 1. The average molecular weight is 152 g/mol. The lowest BCUT2D eigenvalue weighted by Gasteiger charge is -1.79. The first-order valence-corrected chi connectivity index (χ1v) is 3.26. The maximum atomic E-state index is 12.6.